The molecule has 0 bridgehead atoms. The fourth-order valence-electron chi connectivity index (χ4n) is 2.59. The molecule has 0 unspecified atom stereocenters. The first kappa shape index (κ1) is 15.0. The molecule has 0 aliphatic carbocycles. The summed E-state index contributed by atoms with van der Waals surface area (Å²) in [7, 11) is 0. The minimum atomic E-state index is -0.0943. The lowest BCUT2D eigenvalue weighted by Crippen LogP contribution is -2.22. The number of rotatable bonds is 4. The van der Waals surface area contributed by atoms with Crippen molar-refractivity contribution in [2.75, 3.05) is 17.2 Å². The van der Waals surface area contributed by atoms with Crippen molar-refractivity contribution in [1.29, 1.82) is 0 Å². The number of carbonyl (C=O) groups is 1. The predicted octanol–water partition coefficient (Wildman–Crippen LogP) is 3.90. The van der Waals surface area contributed by atoms with Gasteiger partial charge in [0, 0.05) is 17.3 Å². The molecule has 2 aromatic carbocycles. The number of nitrogens with one attached hydrogen (secondary N) is 2. The highest BCUT2D eigenvalue weighted by molar-refractivity contribution is 6.01. The molecule has 0 fully saturated rings. The van der Waals surface area contributed by atoms with Gasteiger partial charge >= 0.3 is 0 Å². The first-order valence-electron chi connectivity index (χ1n) is 7.58. The van der Waals surface area contributed by atoms with Gasteiger partial charge in [0.1, 0.15) is 0 Å². The summed E-state index contributed by atoms with van der Waals surface area (Å²) in [5, 5.41) is 7.10. The van der Waals surface area contributed by atoms with Crippen LogP contribution in [0.1, 0.15) is 11.1 Å². The van der Waals surface area contributed by atoms with Crippen molar-refractivity contribution >= 4 is 28.2 Å². The number of anilines is 2. The smallest absolute Gasteiger partial charge is 0.243 e. The van der Waals surface area contributed by atoms with E-state index >= 15 is 0 Å². The Balaban J connectivity index is 1.69. The van der Waals surface area contributed by atoms with Crippen LogP contribution in [0.4, 0.5) is 11.4 Å². The van der Waals surface area contributed by atoms with E-state index in [0.29, 0.717) is 0 Å². The second-order valence-electron chi connectivity index (χ2n) is 5.60. The van der Waals surface area contributed by atoms with Gasteiger partial charge < -0.3 is 10.6 Å². The SMILES string of the molecule is Cc1ccc(NCC(=O)Nc2cccc3cccnc23)c(C)c1. The van der Waals surface area contributed by atoms with Crippen LogP contribution < -0.4 is 10.6 Å². The third kappa shape index (κ3) is 3.48. The lowest BCUT2D eigenvalue weighted by Gasteiger charge is -2.11. The average molecular weight is 305 g/mol. The summed E-state index contributed by atoms with van der Waals surface area (Å²) in [6.45, 7) is 4.30. The number of hydrogen-bond acceptors (Lipinski definition) is 3. The summed E-state index contributed by atoms with van der Waals surface area (Å²) in [5.74, 6) is -0.0943. The van der Waals surface area contributed by atoms with Gasteiger partial charge in [-0.1, -0.05) is 35.9 Å². The largest absolute Gasteiger partial charge is 0.376 e. The Morgan fingerprint density at radius 3 is 2.70 bits per heavy atom. The Morgan fingerprint density at radius 1 is 1.04 bits per heavy atom. The minimum Gasteiger partial charge on any atom is -0.376 e. The normalized spacial score (nSPS) is 10.5. The van der Waals surface area contributed by atoms with Gasteiger partial charge in [-0.25, -0.2) is 0 Å². The summed E-state index contributed by atoms with van der Waals surface area (Å²) >= 11 is 0. The molecular weight excluding hydrogens is 286 g/mol. The van der Waals surface area contributed by atoms with Crippen LogP contribution in [0.15, 0.2) is 54.7 Å². The van der Waals surface area contributed by atoms with Gasteiger partial charge in [-0.15, -0.1) is 0 Å². The number of amides is 1. The number of carbonyl (C=O) groups excluding carboxylic acids is 1. The molecule has 1 amide bonds. The zero-order valence-electron chi connectivity index (χ0n) is 13.3. The zero-order chi connectivity index (χ0) is 16.2. The fourth-order valence-corrected chi connectivity index (χ4v) is 2.59. The third-order valence-corrected chi connectivity index (χ3v) is 3.73. The Labute approximate surface area is 135 Å². The summed E-state index contributed by atoms with van der Waals surface area (Å²) in [6, 6.07) is 15.7. The van der Waals surface area contributed by atoms with Crippen LogP contribution >= 0.6 is 0 Å². The quantitative estimate of drug-likeness (QED) is 0.768. The molecule has 1 aromatic heterocycles. The molecule has 3 aromatic rings. The maximum Gasteiger partial charge on any atom is 0.243 e. The number of fused-ring (bicyclic) bond motifs is 1. The van der Waals surface area contributed by atoms with Crippen LogP contribution in [-0.2, 0) is 4.79 Å². The summed E-state index contributed by atoms with van der Waals surface area (Å²) in [6.07, 6.45) is 1.73. The summed E-state index contributed by atoms with van der Waals surface area (Å²) in [5.41, 5.74) is 4.84. The Morgan fingerprint density at radius 2 is 1.87 bits per heavy atom. The maximum atomic E-state index is 12.2. The average Bonchev–Trinajstić information content (AvgIpc) is 2.54. The van der Waals surface area contributed by atoms with Crippen LogP contribution in [-0.4, -0.2) is 17.4 Å². The van der Waals surface area contributed by atoms with Crippen LogP contribution in [0.2, 0.25) is 0 Å². The van der Waals surface area contributed by atoms with Crippen molar-refractivity contribution < 1.29 is 4.79 Å². The molecule has 4 heteroatoms. The van der Waals surface area contributed by atoms with E-state index in [4.69, 9.17) is 0 Å². The number of nitrogens with zero attached hydrogens (tertiary/aromatic N) is 1. The van der Waals surface area contributed by atoms with E-state index < -0.39 is 0 Å². The lowest BCUT2D eigenvalue weighted by molar-refractivity contribution is -0.114. The van der Waals surface area contributed by atoms with E-state index in [2.05, 4.69) is 28.6 Å². The van der Waals surface area contributed by atoms with Gasteiger partial charge in [-0.05, 0) is 37.6 Å². The van der Waals surface area contributed by atoms with Gasteiger partial charge in [0.25, 0.3) is 0 Å². The van der Waals surface area contributed by atoms with Crippen molar-refractivity contribution in [1.82, 2.24) is 4.98 Å². The molecule has 2 N–H and O–H groups in total. The fraction of sp³-hybridized carbons (Fsp3) is 0.158. The number of benzene rings is 2. The molecule has 0 aliphatic heterocycles. The molecule has 0 spiro atoms. The van der Waals surface area contributed by atoms with Crippen molar-refractivity contribution in [2.45, 2.75) is 13.8 Å². The molecule has 3 rings (SSSR count). The van der Waals surface area contributed by atoms with E-state index in [1.54, 1.807) is 6.20 Å². The molecule has 4 nitrogen and oxygen atoms in total. The molecule has 0 radical (unpaired) electrons. The molecule has 0 atom stereocenters. The van der Waals surface area contributed by atoms with Crippen LogP contribution in [0, 0.1) is 13.8 Å². The van der Waals surface area contributed by atoms with E-state index in [-0.39, 0.29) is 12.5 Å². The molecule has 1 heterocycles. The van der Waals surface area contributed by atoms with Crippen molar-refractivity contribution in [3.63, 3.8) is 0 Å². The highest BCUT2D eigenvalue weighted by atomic mass is 16.1. The van der Waals surface area contributed by atoms with Gasteiger partial charge in [-0.3, -0.25) is 9.78 Å². The molecule has 0 saturated carbocycles. The number of para-hydroxylation sites is 1. The van der Waals surface area contributed by atoms with E-state index in [0.717, 1.165) is 27.8 Å². The van der Waals surface area contributed by atoms with Gasteiger partial charge in [-0.2, -0.15) is 0 Å². The van der Waals surface area contributed by atoms with E-state index in [9.17, 15) is 4.79 Å². The minimum absolute atomic E-state index is 0.0943. The summed E-state index contributed by atoms with van der Waals surface area (Å²) in [4.78, 5) is 16.5. The molecule has 0 saturated heterocycles. The highest BCUT2D eigenvalue weighted by Gasteiger charge is 2.07. The first-order valence-corrected chi connectivity index (χ1v) is 7.58. The molecular formula is C19H19N3O. The topological polar surface area (TPSA) is 54.0 Å². The zero-order valence-corrected chi connectivity index (χ0v) is 13.3. The number of pyridine rings is 1. The van der Waals surface area contributed by atoms with Crippen LogP contribution in [0.25, 0.3) is 10.9 Å². The maximum absolute atomic E-state index is 12.2. The van der Waals surface area contributed by atoms with E-state index in [1.165, 1.54) is 5.56 Å². The number of hydrogen-bond donors (Lipinski definition) is 2. The Hall–Kier alpha value is -2.88. The third-order valence-electron chi connectivity index (χ3n) is 3.73. The predicted molar refractivity (Wildman–Crippen MR) is 94.8 cm³/mol. The van der Waals surface area contributed by atoms with Crippen molar-refractivity contribution in [2.24, 2.45) is 0 Å². The second-order valence-corrected chi connectivity index (χ2v) is 5.60. The molecule has 116 valence electrons. The number of aromatic nitrogens is 1. The van der Waals surface area contributed by atoms with Gasteiger partial charge in [0.2, 0.25) is 5.91 Å². The van der Waals surface area contributed by atoms with Crippen LogP contribution in [0.5, 0.6) is 0 Å². The highest BCUT2D eigenvalue weighted by Crippen LogP contribution is 2.20. The number of aryl methyl sites for hydroxylation is 2. The van der Waals surface area contributed by atoms with Crippen molar-refractivity contribution in [3.05, 3.63) is 65.9 Å². The Kier molecular flexibility index (Phi) is 4.24. The summed E-state index contributed by atoms with van der Waals surface area (Å²) < 4.78 is 0. The standard InChI is InChI=1S/C19H19N3O/c1-13-8-9-16(14(2)11-13)21-12-18(23)22-17-7-3-5-15-6-4-10-20-19(15)17/h3-11,21H,12H2,1-2H3,(H,22,23). The Bertz CT molecular complexity index is 853. The monoisotopic (exact) mass is 305 g/mol. The first-order chi connectivity index (χ1) is 11.1. The van der Waals surface area contributed by atoms with Crippen LogP contribution in [0.3, 0.4) is 0 Å². The second kappa shape index (κ2) is 6.48. The lowest BCUT2D eigenvalue weighted by atomic mass is 10.1. The van der Waals surface area contributed by atoms with Crippen molar-refractivity contribution in [3.8, 4) is 0 Å². The van der Waals surface area contributed by atoms with Gasteiger partial charge in [0.15, 0.2) is 0 Å². The van der Waals surface area contributed by atoms with Gasteiger partial charge in [0.05, 0.1) is 17.7 Å². The molecule has 23 heavy (non-hydrogen) atoms. The van der Waals surface area contributed by atoms with E-state index in [1.807, 2.05) is 49.4 Å². The molecule has 0 aliphatic rings.